The van der Waals surface area contributed by atoms with E-state index in [-0.39, 0.29) is 17.5 Å². The molecule has 9 heteroatoms. The Bertz CT molecular complexity index is 863. The van der Waals surface area contributed by atoms with Gasteiger partial charge in [-0.2, -0.15) is 5.10 Å². The van der Waals surface area contributed by atoms with Gasteiger partial charge in [0.05, 0.1) is 24.2 Å². The van der Waals surface area contributed by atoms with Gasteiger partial charge in [-0.3, -0.25) is 5.43 Å². The quantitative estimate of drug-likeness (QED) is 0.475. The monoisotopic (exact) mass is 389 g/mol. The highest BCUT2D eigenvalue weighted by molar-refractivity contribution is 7.80. The zero-order valence-electron chi connectivity index (χ0n) is 14.9. The third kappa shape index (κ3) is 4.68. The number of nitrogens with one attached hydrogen (secondary N) is 2. The summed E-state index contributed by atoms with van der Waals surface area (Å²) < 4.78 is 19.5. The van der Waals surface area contributed by atoms with E-state index in [1.54, 1.807) is 19.1 Å². The number of halogens is 1. The zero-order chi connectivity index (χ0) is 19.2. The van der Waals surface area contributed by atoms with Crippen molar-refractivity contribution < 1.29 is 13.9 Å². The van der Waals surface area contributed by atoms with Crippen LogP contribution in [-0.4, -0.2) is 33.6 Å². The number of thiocarbonyl (C=S) groups is 1. The van der Waals surface area contributed by atoms with E-state index in [1.165, 1.54) is 22.9 Å². The summed E-state index contributed by atoms with van der Waals surface area (Å²) >= 11 is 5.22. The summed E-state index contributed by atoms with van der Waals surface area (Å²) in [5, 5.41) is 7.09. The highest BCUT2D eigenvalue weighted by Crippen LogP contribution is 2.25. The van der Waals surface area contributed by atoms with Crippen LogP contribution in [0, 0.1) is 5.82 Å². The minimum atomic E-state index is -0.478. The number of imidazole rings is 1. The molecular formula is C18H20FN5O2S. The summed E-state index contributed by atoms with van der Waals surface area (Å²) in [6, 6.07) is 5.88. The van der Waals surface area contributed by atoms with Crippen LogP contribution in [0.15, 0.2) is 29.4 Å². The fourth-order valence-corrected chi connectivity index (χ4v) is 3.00. The summed E-state index contributed by atoms with van der Waals surface area (Å²) in [5.74, 6) is 0.00176. The predicted molar refractivity (Wildman–Crippen MR) is 105 cm³/mol. The first-order valence-electron chi connectivity index (χ1n) is 8.71. The molecule has 7 nitrogen and oxygen atoms in total. The minimum Gasteiger partial charge on any atom is -0.449 e. The molecule has 0 unspecified atom stereocenters. The summed E-state index contributed by atoms with van der Waals surface area (Å²) in [6.45, 7) is 2.03. The van der Waals surface area contributed by atoms with Crippen LogP contribution in [0.2, 0.25) is 0 Å². The van der Waals surface area contributed by atoms with Gasteiger partial charge in [0.1, 0.15) is 5.82 Å². The lowest BCUT2D eigenvalue weighted by Gasteiger charge is -2.14. The van der Waals surface area contributed by atoms with Crippen molar-refractivity contribution in [2.75, 3.05) is 11.9 Å². The second-order valence-corrected chi connectivity index (χ2v) is 6.35. The Morgan fingerprint density at radius 3 is 2.85 bits per heavy atom. The van der Waals surface area contributed by atoms with Crippen molar-refractivity contribution >= 4 is 35.6 Å². The number of hydrogen-bond donors (Lipinski definition) is 2. The van der Waals surface area contributed by atoms with Crippen LogP contribution in [0.5, 0.6) is 0 Å². The average Bonchev–Trinajstić information content (AvgIpc) is 3.01. The minimum absolute atomic E-state index is 0.182. The van der Waals surface area contributed by atoms with Gasteiger partial charge in [-0.05, 0) is 62.5 Å². The topological polar surface area (TPSA) is 80.5 Å². The SMILES string of the molecule is CCOC(=O)n1c(NC(=S)N/N=C/c2ccc(F)cc2)nc2c1CCCC2. The van der Waals surface area contributed by atoms with E-state index >= 15 is 0 Å². The van der Waals surface area contributed by atoms with Crippen LogP contribution in [0.1, 0.15) is 36.7 Å². The number of anilines is 1. The molecule has 0 radical (unpaired) electrons. The van der Waals surface area contributed by atoms with Crippen molar-refractivity contribution in [2.45, 2.75) is 32.6 Å². The fourth-order valence-electron chi connectivity index (χ4n) is 2.85. The van der Waals surface area contributed by atoms with Crippen LogP contribution >= 0.6 is 12.2 Å². The molecule has 1 aromatic carbocycles. The lowest BCUT2D eigenvalue weighted by atomic mass is 10.0. The van der Waals surface area contributed by atoms with Gasteiger partial charge in [0, 0.05) is 0 Å². The molecule has 27 heavy (non-hydrogen) atoms. The van der Waals surface area contributed by atoms with Crippen molar-refractivity contribution in [2.24, 2.45) is 5.10 Å². The molecule has 2 aromatic rings. The Morgan fingerprint density at radius 2 is 2.11 bits per heavy atom. The van der Waals surface area contributed by atoms with Gasteiger partial charge in [-0.15, -0.1) is 0 Å². The number of hydrogen-bond acceptors (Lipinski definition) is 5. The summed E-state index contributed by atoms with van der Waals surface area (Å²) in [5.41, 5.74) is 5.13. The van der Waals surface area contributed by atoms with Crippen molar-refractivity contribution in [3.8, 4) is 0 Å². The van der Waals surface area contributed by atoms with E-state index in [2.05, 4.69) is 20.8 Å². The second-order valence-electron chi connectivity index (χ2n) is 5.95. The maximum atomic E-state index is 12.9. The number of carbonyl (C=O) groups excluding carboxylic acids is 1. The van der Waals surface area contributed by atoms with Crippen LogP contribution in [0.25, 0.3) is 0 Å². The Hall–Kier alpha value is -2.81. The van der Waals surface area contributed by atoms with Gasteiger partial charge in [0.25, 0.3) is 0 Å². The van der Waals surface area contributed by atoms with E-state index in [4.69, 9.17) is 17.0 Å². The molecule has 3 rings (SSSR count). The van der Waals surface area contributed by atoms with Crippen LogP contribution in [-0.2, 0) is 17.6 Å². The maximum Gasteiger partial charge on any atom is 0.421 e. The van der Waals surface area contributed by atoms with Gasteiger partial charge >= 0.3 is 6.09 Å². The number of fused-ring (bicyclic) bond motifs is 1. The molecular weight excluding hydrogens is 369 g/mol. The van der Waals surface area contributed by atoms with Crippen LogP contribution in [0.4, 0.5) is 15.1 Å². The molecule has 1 aliphatic rings. The van der Waals surface area contributed by atoms with E-state index in [0.29, 0.717) is 5.95 Å². The molecule has 0 amide bonds. The molecule has 0 saturated heterocycles. The summed E-state index contributed by atoms with van der Waals surface area (Å²) in [6.07, 6.45) is 4.66. The number of carbonyl (C=O) groups is 1. The Balaban J connectivity index is 1.70. The smallest absolute Gasteiger partial charge is 0.421 e. The van der Waals surface area contributed by atoms with E-state index in [9.17, 15) is 9.18 Å². The van der Waals surface area contributed by atoms with Crippen molar-refractivity contribution in [1.29, 1.82) is 0 Å². The van der Waals surface area contributed by atoms with Gasteiger partial charge in [-0.25, -0.2) is 18.7 Å². The molecule has 2 N–H and O–H groups in total. The molecule has 0 spiro atoms. The third-order valence-corrected chi connectivity index (χ3v) is 4.25. The van der Waals surface area contributed by atoms with Gasteiger partial charge in [0.2, 0.25) is 5.95 Å². The largest absolute Gasteiger partial charge is 0.449 e. The normalized spacial score (nSPS) is 13.3. The molecule has 142 valence electrons. The van der Waals surface area contributed by atoms with Gasteiger partial charge in [0.15, 0.2) is 5.11 Å². The number of hydrazone groups is 1. The van der Waals surface area contributed by atoms with Crippen LogP contribution in [0.3, 0.4) is 0 Å². The molecule has 0 saturated carbocycles. The number of benzene rings is 1. The average molecular weight is 389 g/mol. The molecule has 1 aliphatic carbocycles. The molecule has 1 heterocycles. The molecule has 0 atom stereocenters. The Labute approximate surface area is 161 Å². The molecule has 0 fully saturated rings. The first kappa shape index (κ1) is 19.0. The highest BCUT2D eigenvalue weighted by Gasteiger charge is 2.25. The standard InChI is InChI=1S/C18H20FN5O2S/c1-2-26-18(25)24-15-6-4-3-5-14(15)21-16(24)22-17(27)23-20-11-12-7-9-13(19)10-8-12/h7-11H,2-6H2,1H3,(H2,21,22,23,27)/b20-11+. The second kappa shape index (κ2) is 8.72. The van der Waals surface area contributed by atoms with E-state index < -0.39 is 6.09 Å². The van der Waals surface area contributed by atoms with E-state index in [0.717, 1.165) is 42.6 Å². The first-order valence-corrected chi connectivity index (χ1v) is 9.12. The van der Waals surface area contributed by atoms with Crippen molar-refractivity contribution in [3.05, 3.63) is 47.0 Å². The number of ether oxygens (including phenoxy) is 1. The molecule has 0 bridgehead atoms. The predicted octanol–water partition coefficient (Wildman–Crippen LogP) is 3.23. The molecule has 1 aromatic heterocycles. The highest BCUT2D eigenvalue weighted by atomic mass is 32.1. The zero-order valence-corrected chi connectivity index (χ0v) is 15.7. The van der Waals surface area contributed by atoms with E-state index in [1.807, 2.05) is 0 Å². The number of nitrogens with zero attached hydrogens (tertiary/aromatic N) is 3. The van der Waals surface area contributed by atoms with Gasteiger partial charge < -0.3 is 10.1 Å². The third-order valence-electron chi connectivity index (χ3n) is 4.06. The number of rotatable bonds is 4. The Morgan fingerprint density at radius 1 is 1.37 bits per heavy atom. The lowest BCUT2D eigenvalue weighted by Crippen LogP contribution is -2.28. The van der Waals surface area contributed by atoms with Crippen LogP contribution < -0.4 is 10.7 Å². The molecule has 0 aliphatic heterocycles. The number of aryl methyl sites for hydroxylation is 1. The Kier molecular flexibility index (Phi) is 6.12. The summed E-state index contributed by atoms with van der Waals surface area (Å²) in [4.78, 5) is 16.8. The summed E-state index contributed by atoms with van der Waals surface area (Å²) in [7, 11) is 0. The van der Waals surface area contributed by atoms with Gasteiger partial charge in [-0.1, -0.05) is 12.1 Å². The van der Waals surface area contributed by atoms with Crippen molar-refractivity contribution in [1.82, 2.24) is 15.0 Å². The van der Waals surface area contributed by atoms with Crippen molar-refractivity contribution in [3.63, 3.8) is 0 Å². The fraction of sp³-hybridized carbons (Fsp3) is 0.333. The first-order chi connectivity index (χ1) is 13.1. The maximum absolute atomic E-state index is 12.9. The lowest BCUT2D eigenvalue weighted by molar-refractivity contribution is 0.153. The number of aromatic nitrogens is 2.